The molecule has 0 aliphatic rings. The fraction of sp³-hybridized carbons (Fsp3) is 0.316. The van der Waals surface area contributed by atoms with Crippen molar-refractivity contribution in [2.45, 2.75) is 33.4 Å². The molecular weight excluding hydrogens is 324 g/mol. The number of amides is 1. The highest BCUT2D eigenvalue weighted by Gasteiger charge is 2.17. The maximum Gasteiger partial charge on any atom is 0.241 e. The van der Waals surface area contributed by atoms with Gasteiger partial charge in [0.05, 0.1) is 6.04 Å². The highest BCUT2D eigenvalue weighted by atomic mass is 35.5. The van der Waals surface area contributed by atoms with Crippen molar-refractivity contribution in [2.75, 3.05) is 5.32 Å². The molecule has 0 aliphatic heterocycles. The topological polar surface area (TPSA) is 64.3 Å². The zero-order valence-corrected chi connectivity index (χ0v) is 14.9. The molecule has 24 heavy (non-hydrogen) atoms. The van der Waals surface area contributed by atoms with E-state index in [-0.39, 0.29) is 11.8 Å². The quantitative estimate of drug-likeness (QED) is 0.825. The lowest BCUT2D eigenvalue weighted by Gasteiger charge is -2.17. The fourth-order valence-electron chi connectivity index (χ4n) is 2.18. The molecule has 0 spiro atoms. The van der Waals surface area contributed by atoms with E-state index in [4.69, 9.17) is 22.1 Å². The summed E-state index contributed by atoms with van der Waals surface area (Å²) < 4.78 is 5.78. The molecule has 0 radical (unpaired) electrons. The minimum Gasteiger partial charge on any atom is -0.489 e. The summed E-state index contributed by atoms with van der Waals surface area (Å²) in [5.74, 6) is 0.643. The second-order valence-electron chi connectivity index (χ2n) is 6.15. The number of halogens is 1. The van der Waals surface area contributed by atoms with Crippen molar-refractivity contribution >= 4 is 23.2 Å². The highest BCUT2D eigenvalue weighted by Crippen LogP contribution is 2.23. The van der Waals surface area contributed by atoms with Gasteiger partial charge in [-0.1, -0.05) is 37.6 Å². The molecule has 2 aromatic carbocycles. The summed E-state index contributed by atoms with van der Waals surface area (Å²) in [7, 11) is 0. The van der Waals surface area contributed by atoms with Crippen LogP contribution in [-0.2, 0) is 11.4 Å². The zero-order valence-electron chi connectivity index (χ0n) is 14.2. The number of ether oxygens (including phenoxy) is 1. The third-order valence-corrected chi connectivity index (χ3v) is 4.01. The van der Waals surface area contributed by atoms with Gasteiger partial charge in [-0.05, 0) is 54.3 Å². The van der Waals surface area contributed by atoms with Crippen LogP contribution < -0.4 is 15.8 Å². The SMILES string of the molecule is Cc1cc(OCc2cccc(Cl)c2)ccc1NC(=O)[C@@H](N)C(C)C. The van der Waals surface area contributed by atoms with Crippen molar-refractivity contribution in [1.29, 1.82) is 0 Å². The minimum atomic E-state index is -0.525. The Kier molecular flexibility index (Phi) is 6.23. The predicted molar refractivity (Wildman–Crippen MR) is 98.4 cm³/mol. The van der Waals surface area contributed by atoms with Crippen LogP contribution in [0.25, 0.3) is 0 Å². The molecule has 0 heterocycles. The Morgan fingerprint density at radius 3 is 2.62 bits per heavy atom. The molecule has 4 nitrogen and oxygen atoms in total. The summed E-state index contributed by atoms with van der Waals surface area (Å²) >= 11 is 5.96. The molecule has 0 saturated heterocycles. The lowest BCUT2D eigenvalue weighted by atomic mass is 10.0. The van der Waals surface area contributed by atoms with Gasteiger partial charge in [-0.2, -0.15) is 0 Å². The summed E-state index contributed by atoms with van der Waals surface area (Å²) in [6.45, 7) is 6.19. The van der Waals surface area contributed by atoms with E-state index < -0.39 is 6.04 Å². The van der Waals surface area contributed by atoms with Crippen LogP contribution in [0, 0.1) is 12.8 Å². The predicted octanol–water partition coefficient (Wildman–Crippen LogP) is 4.15. The molecule has 5 heteroatoms. The monoisotopic (exact) mass is 346 g/mol. The lowest BCUT2D eigenvalue weighted by molar-refractivity contribution is -0.118. The van der Waals surface area contributed by atoms with Crippen molar-refractivity contribution in [3.8, 4) is 5.75 Å². The molecule has 1 amide bonds. The molecular formula is C19H23ClN2O2. The van der Waals surface area contributed by atoms with E-state index in [1.165, 1.54) is 0 Å². The summed E-state index contributed by atoms with van der Waals surface area (Å²) in [5, 5.41) is 3.55. The Hall–Kier alpha value is -2.04. The van der Waals surface area contributed by atoms with E-state index in [9.17, 15) is 4.79 Å². The number of carbonyl (C=O) groups excluding carboxylic acids is 1. The Balaban J connectivity index is 2.00. The third-order valence-electron chi connectivity index (χ3n) is 3.77. The Morgan fingerprint density at radius 1 is 1.25 bits per heavy atom. The van der Waals surface area contributed by atoms with Gasteiger partial charge in [0, 0.05) is 10.7 Å². The molecule has 2 rings (SSSR count). The average Bonchev–Trinajstić information content (AvgIpc) is 2.54. The van der Waals surface area contributed by atoms with Crippen molar-refractivity contribution in [3.63, 3.8) is 0 Å². The van der Waals surface area contributed by atoms with Crippen LogP contribution in [0.15, 0.2) is 42.5 Å². The number of anilines is 1. The van der Waals surface area contributed by atoms with Gasteiger partial charge in [-0.15, -0.1) is 0 Å². The number of nitrogens with one attached hydrogen (secondary N) is 1. The number of aryl methyl sites for hydroxylation is 1. The number of benzene rings is 2. The number of carbonyl (C=O) groups is 1. The van der Waals surface area contributed by atoms with Gasteiger partial charge in [0.1, 0.15) is 12.4 Å². The number of nitrogens with two attached hydrogens (primary N) is 1. The third kappa shape index (κ3) is 4.98. The smallest absolute Gasteiger partial charge is 0.241 e. The van der Waals surface area contributed by atoms with Crippen molar-refractivity contribution < 1.29 is 9.53 Å². The van der Waals surface area contributed by atoms with Gasteiger partial charge in [-0.25, -0.2) is 0 Å². The molecule has 0 aromatic heterocycles. The Morgan fingerprint density at radius 2 is 2.00 bits per heavy atom. The minimum absolute atomic E-state index is 0.0885. The van der Waals surface area contributed by atoms with Crippen LogP contribution in [-0.4, -0.2) is 11.9 Å². The van der Waals surface area contributed by atoms with Crippen LogP contribution in [0.4, 0.5) is 5.69 Å². The molecule has 3 N–H and O–H groups in total. The van der Waals surface area contributed by atoms with E-state index in [2.05, 4.69) is 5.32 Å². The van der Waals surface area contributed by atoms with E-state index in [1.54, 1.807) is 0 Å². The van der Waals surface area contributed by atoms with E-state index in [0.29, 0.717) is 11.6 Å². The molecule has 0 fully saturated rings. The maximum absolute atomic E-state index is 12.1. The molecule has 0 saturated carbocycles. The first kappa shape index (κ1) is 18.3. The highest BCUT2D eigenvalue weighted by molar-refractivity contribution is 6.30. The van der Waals surface area contributed by atoms with Crippen LogP contribution >= 0.6 is 11.6 Å². The van der Waals surface area contributed by atoms with Crippen molar-refractivity contribution in [1.82, 2.24) is 0 Å². The van der Waals surface area contributed by atoms with Gasteiger partial charge in [0.25, 0.3) is 0 Å². The van der Waals surface area contributed by atoms with Gasteiger partial charge >= 0.3 is 0 Å². The molecule has 2 aromatic rings. The first-order chi connectivity index (χ1) is 11.4. The van der Waals surface area contributed by atoms with Gasteiger partial charge < -0.3 is 15.8 Å². The molecule has 1 atom stereocenters. The second-order valence-corrected chi connectivity index (χ2v) is 6.59. The van der Waals surface area contributed by atoms with Gasteiger partial charge in [0.15, 0.2) is 0 Å². The normalized spacial score (nSPS) is 12.1. The lowest BCUT2D eigenvalue weighted by Crippen LogP contribution is -2.39. The summed E-state index contributed by atoms with van der Waals surface area (Å²) in [6, 6.07) is 12.6. The standard InChI is InChI=1S/C19H23ClN2O2/c1-12(2)18(21)19(23)22-17-8-7-16(9-13(17)3)24-11-14-5-4-6-15(20)10-14/h4-10,12,18H,11,21H2,1-3H3,(H,22,23)/t18-/m0/s1. The molecule has 0 aliphatic carbocycles. The first-order valence-electron chi connectivity index (χ1n) is 7.91. The van der Waals surface area contributed by atoms with Crippen LogP contribution in [0.5, 0.6) is 5.75 Å². The van der Waals surface area contributed by atoms with Gasteiger partial charge in [0.2, 0.25) is 5.91 Å². The second kappa shape index (κ2) is 8.18. The average molecular weight is 347 g/mol. The zero-order chi connectivity index (χ0) is 17.7. The largest absolute Gasteiger partial charge is 0.489 e. The number of hydrogen-bond donors (Lipinski definition) is 2. The van der Waals surface area contributed by atoms with E-state index in [0.717, 1.165) is 22.6 Å². The van der Waals surface area contributed by atoms with E-state index >= 15 is 0 Å². The number of rotatable bonds is 6. The van der Waals surface area contributed by atoms with Crippen LogP contribution in [0.1, 0.15) is 25.0 Å². The first-order valence-corrected chi connectivity index (χ1v) is 8.29. The van der Waals surface area contributed by atoms with Crippen molar-refractivity contribution in [3.05, 3.63) is 58.6 Å². The van der Waals surface area contributed by atoms with Crippen molar-refractivity contribution in [2.24, 2.45) is 11.7 Å². The van der Waals surface area contributed by atoms with Crippen LogP contribution in [0.3, 0.4) is 0 Å². The molecule has 0 bridgehead atoms. The Labute approximate surface area is 148 Å². The summed E-state index contributed by atoms with van der Waals surface area (Å²) in [4.78, 5) is 12.1. The van der Waals surface area contributed by atoms with E-state index in [1.807, 2.05) is 63.2 Å². The van der Waals surface area contributed by atoms with Crippen LogP contribution in [0.2, 0.25) is 5.02 Å². The maximum atomic E-state index is 12.1. The summed E-state index contributed by atoms with van der Waals surface area (Å²) in [5.41, 5.74) is 8.53. The fourth-order valence-corrected chi connectivity index (χ4v) is 2.39. The summed E-state index contributed by atoms with van der Waals surface area (Å²) in [6.07, 6.45) is 0. The number of hydrogen-bond acceptors (Lipinski definition) is 3. The molecule has 128 valence electrons. The Bertz CT molecular complexity index is 716. The molecule has 0 unspecified atom stereocenters. The van der Waals surface area contributed by atoms with Gasteiger partial charge in [-0.3, -0.25) is 4.79 Å².